The first-order chi connectivity index (χ1) is 14.4. The Morgan fingerprint density at radius 3 is 2.30 bits per heavy atom. The lowest BCUT2D eigenvalue weighted by atomic mass is 10.1. The fourth-order valence-corrected chi connectivity index (χ4v) is 4.19. The number of carbonyl (C=O) groups is 2. The number of ether oxygens (including phenoxy) is 1. The molecule has 0 aliphatic rings. The molecule has 0 saturated carbocycles. The van der Waals surface area contributed by atoms with Crippen molar-refractivity contribution >= 4 is 28.8 Å². The molecular formula is C23H25N3O3S. The third-order valence-corrected chi connectivity index (χ3v) is 5.82. The number of aryl methyl sites for hydroxylation is 3. The molecule has 2 N–H and O–H groups in total. The fourth-order valence-electron chi connectivity index (χ4n) is 3.12. The van der Waals surface area contributed by atoms with Crippen molar-refractivity contribution < 1.29 is 14.3 Å². The molecule has 0 radical (unpaired) electrons. The second-order valence-corrected chi connectivity index (χ2v) is 8.18. The highest BCUT2D eigenvalue weighted by Gasteiger charge is 2.15. The molecular weight excluding hydrogens is 398 g/mol. The molecule has 0 atom stereocenters. The molecule has 0 aliphatic heterocycles. The number of anilines is 1. The number of amides is 2. The van der Waals surface area contributed by atoms with Gasteiger partial charge < -0.3 is 15.4 Å². The van der Waals surface area contributed by atoms with Gasteiger partial charge in [-0.2, -0.15) is 0 Å². The van der Waals surface area contributed by atoms with Gasteiger partial charge in [-0.25, -0.2) is 4.98 Å². The second-order valence-electron chi connectivity index (χ2n) is 7.09. The van der Waals surface area contributed by atoms with E-state index in [-0.39, 0.29) is 0 Å². The zero-order valence-corrected chi connectivity index (χ0v) is 18.4. The molecule has 0 bridgehead atoms. The lowest BCUT2D eigenvalue weighted by Crippen LogP contribution is -2.36. The quantitative estimate of drug-likeness (QED) is 0.587. The normalized spacial score (nSPS) is 10.5. The lowest BCUT2D eigenvalue weighted by molar-refractivity contribution is -0.136. The SMILES string of the molecule is COc1ccc(-c2nc(C)c(CCNC(=O)C(=O)Nc3cc(C)cc(C)c3)s2)cc1. The van der Waals surface area contributed by atoms with E-state index in [1.165, 1.54) is 0 Å². The molecule has 2 amide bonds. The molecule has 0 spiro atoms. The minimum atomic E-state index is -0.667. The number of nitrogens with zero attached hydrogens (tertiary/aromatic N) is 1. The van der Waals surface area contributed by atoms with Crippen molar-refractivity contribution in [1.82, 2.24) is 10.3 Å². The monoisotopic (exact) mass is 423 g/mol. The first-order valence-electron chi connectivity index (χ1n) is 9.64. The van der Waals surface area contributed by atoms with Crippen molar-refractivity contribution in [3.8, 4) is 16.3 Å². The third kappa shape index (κ3) is 5.45. The summed E-state index contributed by atoms with van der Waals surface area (Å²) in [5.41, 5.74) is 4.62. The van der Waals surface area contributed by atoms with Gasteiger partial charge in [0.15, 0.2) is 0 Å². The van der Waals surface area contributed by atoms with Gasteiger partial charge in [-0.15, -0.1) is 11.3 Å². The Morgan fingerprint density at radius 2 is 1.67 bits per heavy atom. The number of nitrogens with one attached hydrogen (secondary N) is 2. The second kappa shape index (κ2) is 9.54. The molecule has 0 aliphatic carbocycles. The molecule has 30 heavy (non-hydrogen) atoms. The summed E-state index contributed by atoms with van der Waals surface area (Å²) in [6, 6.07) is 13.4. The Labute approximate surface area is 180 Å². The molecule has 0 saturated heterocycles. The zero-order valence-electron chi connectivity index (χ0n) is 17.5. The van der Waals surface area contributed by atoms with E-state index >= 15 is 0 Å². The number of hydrogen-bond donors (Lipinski definition) is 2. The molecule has 1 aromatic heterocycles. The summed E-state index contributed by atoms with van der Waals surface area (Å²) < 4.78 is 5.19. The van der Waals surface area contributed by atoms with Crippen LogP contribution in [0.15, 0.2) is 42.5 Å². The maximum absolute atomic E-state index is 12.1. The number of carbonyl (C=O) groups excluding carboxylic acids is 2. The van der Waals surface area contributed by atoms with Crippen LogP contribution in [0.2, 0.25) is 0 Å². The highest BCUT2D eigenvalue weighted by Crippen LogP contribution is 2.29. The average Bonchev–Trinajstić information content (AvgIpc) is 3.07. The van der Waals surface area contributed by atoms with E-state index in [1.54, 1.807) is 18.4 Å². The van der Waals surface area contributed by atoms with Crippen LogP contribution in [0.1, 0.15) is 21.7 Å². The van der Waals surface area contributed by atoms with Gasteiger partial charge in [0.2, 0.25) is 0 Å². The molecule has 2 aromatic carbocycles. The molecule has 7 heteroatoms. The van der Waals surface area contributed by atoms with E-state index in [4.69, 9.17) is 4.74 Å². The summed E-state index contributed by atoms with van der Waals surface area (Å²) >= 11 is 1.59. The van der Waals surface area contributed by atoms with Gasteiger partial charge in [-0.05, 0) is 68.3 Å². The van der Waals surface area contributed by atoms with Gasteiger partial charge in [0.05, 0.1) is 12.8 Å². The van der Waals surface area contributed by atoms with E-state index in [1.807, 2.05) is 63.2 Å². The summed E-state index contributed by atoms with van der Waals surface area (Å²) in [7, 11) is 1.64. The molecule has 0 fully saturated rings. The zero-order chi connectivity index (χ0) is 21.7. The number of aromatic nitrogens is 1. The minimum absolute atomic E-state index is 0.365. The summed E-state index contributed by atoms with van der Waals surface area (Å²) in [6.45, 7) is 6.21. The molecule has 6 nitrogen and oxygen atoms in total. The predicted octanol–water partition coefficient (Wildman–Crippen LogP) is 4.04. The van der Waals surface area contributed by atoms with Crippen molar-refractivity contribution in [2.45, 2.75) is 27.2 Å². The Bertz CT molecular complexity index is 1040. The van der Waals surface area contributed by atoms with Crippen LogP contribution in [-0.4, -0.2) is 30.5 Å². The van der Waals surface area contributed by atoms with Crippen molar-refractivity contribution in [3.63, 3.8) is 0 Å². The number of benzene rings is 2. The number of hydrogen-bond acceptors (Lipinski definition) is 5. The van der Waals surface area contributed by atoms with Crippen LogP contribution >= 0.6 is 11.3 Å². The van der Waals surface area contributed by atoms with Crippen molar-refractivity contribution in [2.75, 3.05) is 19.0 Å². The minimum Gasteiger partial charge on any atom is -0.497 e. The van der Waals surface area contributed by atoms with Gasteiger partial charge >= 0.3 is 11.8 Å². The Balaban J connectivity index is 1.54. The number of thiazole rings is 1. The summed E-state index contributed by atoms with van der Waals surface area (Å²) in [4.78, 5) is 30.0. The molecule has 1 heterocycles. The maximum Gasteiger partial charge on any atom is 0.313 e. The smallest absolute Gasteiger partial charge is 0.313 e. The van der Waals surface area contributed by atoms with Crippen molar-refractivity contribution in [3.05, 3.63) is 64.2 Å². The van der Waals surface area contributed by atoms with Gasteiger partial charge in [-0.1, -0.05) is 6.07 Å². The van der Waals surface area contributed by atoms with E-state index < -0.39 is 11.8 Å². The summed E-state index contributed by atoms with van der Waals surface area (Å²) in [5, 5.41) is 6.25. The first kappa shape index (κ1) is 21.5. The third-order valence-electron chi connectivity index (χ3n) is 4.55. The molecule has 0 unspecified atom stereocenters. The van der Waals surface area contributed by atoms with E-state index in [2.05, 4.69) is 15.6 Å². The Hall–Kier alpha value is -3.19. The van der Waals surface area contributed by atoms with Crippen molar-refractivity contribution in [2.24, 2.45) is 0 Å². The van der Waals surface area contributed by atoms with Crippen LogP contribution in [0.3, 0.4) is 0 Å². The standard InChI is InChI=1S/C23H25N3O3S/c1-14-11-15(2)13-18(12-14)26-22(28)21(27)24-10-9-20-16(3)25-23(30-20)17-5-7-19(29-4)8-6-17/h5-8,11-13H,9-10H2,1-4H3,(H,24,27)(H,26,28). The van der Waals surface area contributed by atoms with Gasteiger partial charge in [0, 0.05) is 29.1 Å². The number of rotatable bonds is 6. The van der Waals surface area contributed by atoms with Gasteiger partial charge in [-0.3, -0.25) is 9.59 Å². The first-order valence-corrected chi connectivity index (χ1v) is 10.5. The van der Waals surface area contributed by atoms with Crippen LogP contribution in [-0.2, 0) is 16.0 Å². The highest BCUT2D eigenvalue weighted by molar-refractivity contribution is 7.15. The van der Waals surface area contributed by atoms with Crippen LogP contribution in [0.4, 0.5) is 5.69 Å². The molecule has 3 aromatic rings. The predicted molar refractivity (Wildman–Crippen MR) is 120 cm³/mol. The topological polar surface area (TPSA) is 80.3 Å². The van der Waals surface area contributed by atoms with Crippen molar-refractivity contribution in [1.29, 1.82) is 0 Å². The molecule has 156 valence electrons. The average molecular weight is 424 g/mol. The van der Waals surface area contributed by atoms with E-state index in [0.717, 1.165) is 38.0 Å². The summed E-state index contributed by atoms with van der Waals surface area (Å²) in [5.74, 6) is -0.513. The van der Waals surface area contributed by atoms with E-state index in [9.17, 15) is 9.59 Å². The van der Waals surface area contributed by atoms with Crippen LogP contribution in [0, 0.1) is 20.8 Å². The number of methoxy groups -OCH3 is 1. The van der Waals surface area contributed by atoms with Gasteiger partial charge in [0.25, 0.3) is 0 Å². The lowest BCUT2D eigenvalue weighted by Gasteiger charge is -2.08. The maximum atomic E-state index is 12.1. The Kier molecular flexibility index (Phi) is 6.84. The highest BCUT2D eigenvalue weighted by atomic mass is 32.1. The molecule has 3 rings (SSSR count). The summed E-state index contributed by atoms with van der Waals surface area (Å²) in [6.07, 6.45) is 0.613. The Morgan fingerprint density at radius 1 is 1.00 bits per heavy atom. The largest absolute Gasteiger partial charge is 0.497 e. The van der Waals surface area contributed by atoms with Crippen LogP contribution in [0.25, 0.3) is 10.6 Å². The van der Waals surface area contributed by atoms with Crippen LogP contribution < -0.4 is 15.4 Å². The van der Waals surface area contributed by atoms with E-state index in [0.29, 0.717) is 18.7 Å². The fraction of sp³-hybridized carbons (Fsp3) is 0.261. The van der Waals surface area contributed by atoms with Crippen LogP contribution in [0.5, 0.6) is 5.75 Å². The van der Waals surface area contributed by atoms with Gasteiger partial charge in [0.1, 0.15) is 10.8 Å².